The number of nitrogens with one attached hydrogen (secondary N) is 1. The fourth-order valence-corrected chi connectivity index (χ4v) is 5.40. The Kier molecular flexibility index (Phi) is 7.18. The van der Waals surface area contributed by atoms with Crippen LogP contribution in [0.25, 0.3) is 5.69 Å². The van der Waals surface area contributed by atoms with Gasteiger partial charge in [-0.3, -0.25) is 4.72 Å². The number of hydrogen-bond donors (Lipinski definition) is 2. The number of aromatic carboxylic acids is 1. The van der Waals surface area contributed by atoms with Gasteiger partial charge in [-0.1, -0.05) is 12.1 Å². The monoisotopic (exact) mass is 541 g/mol. The van der Waals surface area contributed by atoms with Crippen LogP contribution in [-0.2, 0) is 10.0 Å². The van der Waals surface area contributed by atoms with Gasteiger partial charge >= 0.3 is 12.1 Å². The van der Waals surface area contributed by atoms with E-state index in [0.29, 0.717) is 24.6 Å². The molecule has 13 heteroatoms. The summed E-state index contributed by atoms with van der Waals surface area (Å²) < 4.78 is 87.0. The molecule has 0 amide bonds. The quantitative estimate of drug-likeness (QED) is 0.390. The normalized spacial score (nSPS) is 18.4. The molecular formula is C24H23F4N3O5S. The summed E-state index contributed by atoms with van der Waals surface area (Å²) in [6.07, 6.45) is -1.69. The largest absolute Gasteiger partial charge is 0.495 e. The van der Waals surface area contributed by atoms with Gasteiger partial charge in [0.05, 0.1) is 30.0 Å². The Bertz CT molecular complexity index is 1400. The molecule has 0 spiro atoms. The Hall–Kier alpha value is -3.61. The van der Waals surface area contributed by atoms with Gasteiger partial charge in [-0.25, -0.2) is 13.9 Å². The van der Waals surface area contributed by atoms with E-state index in [1.165, 1.54) is 24.1 Å². The molecule has 0 unspecified atom stereocenters. The first kappa shape index (κ1) is 26.5. The van der Waals surface area contributed by atoms with Crippen molar-refractivity contribution in [1.82, 2.24) is 9.78 Å². The number of benzene rings is 2. The number of nitrogens with zero attached hydrogens (tertiary/aromatic N) is 2. The maximum absolute atomic E-state index is 14.1. The molecule has 1 aliphatic carbocycles. The molecule has 1 aliphatic rings. The molecular weight excluding hydrogens is 518 g/mol. The van der Waals surface area contributed by atoms with Crippen LogP contribution in [0.4, 0.5) is 23.2 Å². The van der Waals surface area contributed by atoms with Crippen LogP contribution >= 0.6 is 0 Å². The lowest BCUT2D eigenvalue weighted by atomic mass is 9.78. The van der Waals surface area contributed by atoms with Crippen LogP contribution in [-0.4, -0.2) is 42.6 Å². The standard InChI is InChI=1S/C24H23F4N3O5S/c1-36-21-12-18(23(32)33)19(25)13-20(21)30-37(34,35)22-10-11-31(29-22)17-8-4-15(5-9-17)14-2-6-16(7-3-14)24(26,27)28/h4-5,8-14,16,30H,2-3,6-7H2,1H3,(H,32,33). The van der Waals surface area contributed by atoms with Gasteiger partial charge in [0.2, 0.25) is 0 Å². The number of rotatable bonds is 7. The highest BCUT2D eigenvalue weighted by Gasteiger charge is 2.41. The van der Waals surface area contributed by atoms with Crippen molar-refractivity contribution in [3.63, 3.8) is 0 Å². The molecule has 0 atom stereocenters. The minimum absolute atomic E-state index is 0.0216. The third-order valence-electron chi connectivity index (χ3n) is 6.42. The third kappa shape index (κ3) is 5.71. The average molecular weight is 542 g/mol. The van der Waals surface area contributed by atoms with Gasteiger partial charge in [-0.15, -0.1) is 0 Å². The molecule has 198 valence electrons. The number of sulfonamides is 1. The predicted octanol–water partition coefficient (Wildman–Crippen LogP) is 5.36. The van der Waals surface area contributed by atoms with Gasteiger partial charge in [0.1, 0.15) is 11.6 Å². The number of methoxy groups -OCH3 is 1. The highest BCUT2D eigenvalue weighted by Crippen LogP contribution is 2.43. The first-order chi connectivity index (χ1) is 17.4. The van der Waals surface area contributed by atoms with E-state index in [-0.39, 0.29) is 35.2 Å². The molecule has 0 aliphatic heterocycles. The lowest BCUT2D eigenvalue weighted by molar-refractivity contribution is -0.182. The van der Waals surface area contributed by atoms with E-state index in [1.54, 1.807) is 24.3 Å². The van der Waals surface area contributed by atoms with E-state index in [0.717, 1.165) is 11.6 Å². The van der Waals surface area contributed by atoms with Crippen LogP contribution in [0.5, 0.6) is 5.75 Å². The Labute approximate surface area is 209 Å². The highest BCUT2D eigenvalue weighted by atomic mass is 32.2. The second-order valence-corrected chi connectivity index (χ2v) is 10.4. The van der Waals surface area contributed by atoms with E-state index in [2.05, 4.69) is 9.82 Å². The summed E-state index contributed by atoms with van der Waals surface area (Å²) >= 11 is 0. The van der Waals surface area contributed by atoms with Gasteiger partial charge < -0.3 is 9.84 Å². The number of aromatic nitrogens is 2. The SMILES string of the molecule is COc1cc(C(=O)O)c(F)cc1NS(=O)(=O)c1ccn(-c2ccc(C3CCC(C(F)(F)F)CC3)cc2)n1. The van der Waals surface area contributed by atoms with Crippen LogP contribution in [0, 0.1) is 11.7 Å². The lowest BCUT2D eigenvalue weighted by Gasteiger charge is -2.30. The Morgan fingerprint density at radius 3 is 2.32 bits per heavy atom. The van der Waals surface area contributed by atoms with Crippen LogP contribution in [0.1, 0.15) is 47.5 Å². The van der Waals surface area contributed by atoms with Crippen molar-refractivity contribution in [2.45, 2.75) is 42.8 Å². The summed E-state index contributed by atoms with van der Waals surface area (Å²) in [6.45, 7) is 0. The zero-order valence-electron chi connectivity index (χ0n) is 19.5. The maximum Gasteiger partial charge on any atom is 0.391 e. The summed E-state index contributed by atoms with van der Waals surface area (Å²) in [5.74, 6) is -4.12. The van der Waals surface area contributed by atoms with Crippen LogP contribution < -0.4 is 9.46 Å². The number of carbonyl (C=O) groups is 1. The van der Waals surface area contributed by atoms with Crippen molar-refractivity contribution in [2.24, 2.45) is 5.92 Å². The fourth-order valence-electron chi connectivity index (χ4n) is 4.41. The Morgan fingerprint density at radius 2 is 1.76 bits per heavy atom. The molecule has 2 aromatic carbocycles. The molecule has 0 bridgehead atoms. The topological polar surface area (TPSA) is 111 Å². The number of ether oxygens (including phenoxy) is 1. The molecule has 0 radical (unpaired) electrons. The van der Waals surface area contributed by atoms with E-state index >= 15 is 0 Å². The molecule has 1 fully saturated rings. The number of carboxylic acid groups (broad SMARTS) is 1. The molecule has 37 heavy (non-hydrogen) atoms. The van der Waals surface area contributed by atoms with Gasteiger partial charge in [0, 0.05) is 12.3 Å². The third-order valence-corrected chi connectivity index (χ3v) is 7.68. The van der Waals surface area contributed by atoms with E-state index in [1.807, 2.05) is 0 Å². The number of anilines is 1. The summed E-state index contributed by atoms with van der Waals surface area (Å²) in [6, 6.07) is 9.78. The molecule has 1 heterocycles. The molecule has 8 nitrogen and oxygen atoms in total. The summed E-state index contributed by atoms with van der Waals surface area (Å²) in [5.41, 5.74) is 0.457. The Morgan fingerprint density at radius 1 is 1.11 bits per heavy atom. The summed E-state index contributed by atoms with van der Waals surface area (Å²) in [4.78, 5) is 11.1. The second-order valence-electron chi connectivity index (χ2n) is 8.72. The minimum atomic E-state index is -4.29. The number of halogens is 4. The van der Waals surface area contributed by atoms with Crippen molar-refractivity contribution >= 4 is 21.7 Å². The fraction of sp³-hybridized carbons (Fsp3) is 0.333. The van der Waals surface area contributed by atoms with Crippen LogP contribution in [0.3, 0.4) is 0 Å². The van der Waals surface area contributed by atoms with Gasteiger partial charge in [0.15, 0.2) is 5.03 Å². The number of hydrogen-bond acceptors (Lipinski definition) is 5. The van der Waals surface area contributed by atoms with E-state index in [9.17, 15) is 30.8 Å². The van der Waals surface area contributed by atoms with Gasteiger partial charge in [-0.05, 0) is 61.4 Å². The van der Waals surface area contributed by atoms with Gasteiger partial charge in [-0.2, -0.15) is 26.7 Å². The predicted molar refractivity (Wildman–Crippen MR) is 125 cm³/mol. The average Bonchev–Trinajstić information content (AvgIpc) is 3.35. The lowest BCUT2D eigenvalue weighted by Crippen LogP contribution is -2.27. The van der Waals surface area contributed by atoms with Crippen molar-refractivity contribution in [2.75, 3.05) is 11.8 Å². The van der Waals surface area contributed by atoms with E-state index < -0.39 is 39.5 Å². The molecule has 4 rings (SSSR count). The first-order valence-corrected chi connectivity index (χ1v) is 12.7. The molecule has 1 aromatic heterocycles. The molecule has 1 saturated carbocycles. The molecule has 3 aromatic rings. The number of carboxylic acids is 1. The van der Waals surface area contributed by atoms with Crippen LogP contribution in [0.15, 0.2) is 53.7 Å². The zero-order chi connectivity index (χ0) is 27.0. The summed E-state index contributed by atoms with van der Waals surface area (Å²) in [5, 5.41) is 12.7. The van der Waals surface area contributed by atoms with Crippen LogP contribution in [0.2, 0.25) is 0 Å². The zero-order valence-corrected chi connectivity index (χ0v) is 20.3. The summed E-state index contributed by atoms with van der Waals surface area (Å²) in [7, 11) is -3.12. The molecule has 0 saturated heterocycles. The Balaban J connectivity index is 1.49. The number of alkyl halides is 3. The van der Waals surface area contributed by atoms with Gasteiger partial charge in [0.25, 0.3) is 10.0 Å². The van der Waals surface area contributed by atoms with Crippen molar-refractivity contribution < 1.29 is 40.6 Å². The first-order valence-electron chi connectivity index (χ1n) is 11.3. The maximum atomic E-state index is 14.1. The molecule has 2 N–H and O–H groups in total. The van der Waals surface area contributed by atoms with Crippen molar-refractivity contribution in [3.05, 3.63) is 65.6 Å². The van der Waals surface area contributed by atoms with Crippen molar-refractivity contribution in [3.8, 4) is 11.4 Å². The highest BCUT2D eigenvalue weighted by molar-refractivity contribution is 7.92. The van der Waals surface area contributed by atoms with Crippen molar-refractivity contribution in [1.29, 1.82) is 0 Å². The van der Waals surface area contributed by atoms with E-state index in [4.69, 9.17) is 9.84 Å². The second kappa shape index (κ2) is 10.0. The minimum Gasteiger partial charge on any atom is -0.495 e. The smallest absolute Gasteiger partial charge is 0.391 e.